The highest BCUT2D eigenvalue weighted by molar-refractivity contribution is 6.36. The zero-order valence-electron chi connectivity index (χ0n) is 12.1. The van der Waals surface area contributed by atoms with Crippen LogP contribution in [0.25, 0.3) is 11.6 Å². The summed E-state index contributed by atoms with van der Waals surface area (Å²) in [5.74, 6) is 0.0809. The van der Waals surface area contributed by atoms with Crippen molar-refractivity contribution in [3.05, 3.63) is 52.5 Å². The highest BCUT2D eigenvalue weighted by atomic mass is 35.5. The van der Waals surface area contributed by atoms with E-state index in [0.29, 0.717) is 11.1 Å². The molecule has 1 amide bonds. The Bertz CT molecular complexity index is 798. The molecule has 0 spiro atoms. The van der Waals surface area contributed by atoms with Gasteiger partial charge in [-0.2, -0.15) is 0 Å². The summed E-state index contributed by atoms with van der Waals surface area (Å²) in [7, 11) is 3.19. The van der Waals surface area contributed by atoms with Crippen LogP contribution < -0.4 is 9.64 Å². The molecule has 2 aromatic rings. The van der Waals surface area contributed by atoms with Gasteiger partial charge in [0.05, 0.1) is 17.8 Å². The Balaban J connectivity index is 2.14. The zero-order valence-corrected chi connectivity index (χ0v) is 12.9. The molecule has 3 rings (SSSR count). The van der Waals surface area contributed by atoms with Crippen molar-refractivity contribution in [1.82, 2.24) is 0 Å². The topological polar surface area (TPSA) is 49.8 Å². The number of hydrogen-bond donors (Lipinski definition) is 1. The number of anilines is 1. The van der Waals surface area contributed by atoms with Gasteiger partial charge < -0.3 is 14.7 Å². The maximum absolute atomic E-state index is 12.4. The van der Waals surface area contributed by atoms with E-state index in [2.05, 4.69) is 0 Å². The normalized spacial score (nSPS) is 15.3. The third kappa shape index (κ3) is 2.22. The smallest absolute Gasteiger partial charge is 0.258 e. The molecule has 0 bridgehead atoms. The Morgan fingerprint density at radius 1 is 1.27 bits per heavy atom. The number of ether oxygens (including phenoxy) is 1. The molecule has 0 saturated heterocycles. The van der Waals surface area contributed by atoms with Crippen molar-refractivity contribution in [3.8, 4) is 11.5 Å². The van der Waals surface area contributed by atoms with Crippen LogP contribution in [0.1, 0.15) is 11.1 Å². The fourth-order valence-corrected chi connectivity index (χ4v) is 2.76. The number of carbonyl (C=O) groups is 1. The Hall–Kier alpha value is -2.46. The highest BCUT2D eigenvalue weighted by Gasteiger charge is 2.29. The number of methoxy groups -OCH3 is 1. The average Bonchev–Trinajstić information content (AvgIpc) is 2.76. The van der Waals surface area contributed by atoms with E-state index >= 15 is 0 Å². The van der Waals surface area contributed by atoms with Gasteiger partial charge in [-0.25, -0.2) is 0 Å². The summed E-state index contributed by atoms with van der Waals surface area (Å²) in [6, 6.07) is 10.8. The highest BCUT2D eigenvalue weighted by Crippen LogP contribution is 2.39. The average molecular weight is 316 g/mol. The molecule has 1 aliphatic rings. The van der Waals surface area contributed by atoms with Crippen LogP contribution >= 0.6 is 11.6 Å². The molecule has 2 aromatic carbocycles. The molecule has 112 valence electrons. The van der Waals surface area contributed by atoms with E-state index in [-0.39, 0.29) is 22.4 Å². The van der Waals surface area contributed by atoms with Crippen molar-refractivity contribution >= 4 is 34.8 Å². The number of phenolic OH excluding ortho intramolecular Hbond substituents is 1. The van der Waals surface area contributed by atoms with Gasteiger partial charge in [-0.3, -0.25) is 4.79 Å². The third-order valence-corrected chi connectivity index (χ3v) is 3.96. The Morgan fingerprint density at radius 3 is 2.73 bits per heavy atom. The molecular formula is C17H14ClNO3. The number of para-hydroxylation sites is 1. The van der Waals surface area contributed by atoms with Crippen molar-refractivity contribution in [2.75, 3.05) is 19.1 Å². The van der Waals surface area contributed by atoms with E-state index in [4.69, 9.17) is 16.3 Å². The van der Waals surface area contributed by atoms with Gasteiger partial charge in [0.2, 0.25) is 0 Å². The van der Waals surface area contributed by atoms with E-state index in [9.17, 15) is 9.90 Å². The molecule has 4 nitrogen and oxygen atoms in total. The summed E-state index contributed by atoms with van der Waals surface area (Å²) in [6.45, 7) is 0. The molecule has 0 atom stereocenters. The lowest BCUT2D eigenvalue weighted by molar-refractivity contribution is -0.112. The monoisotopic (exact) mass is 315 g/mol. The van der Waals surface area contributed by atoms with Gasteiger partial charge in [0, 0.05) is 18.2 Å². The van der Waals surface area contributed by atoms with Crippen molar-refractivity contribution in [3.63, 3.8) is 0 Å². The number of amides is 1. The number of rotatable bonds is 2. The second-order valence-corrected chi connectivity index (χ2v) is 5.40. The van der Waals surface area contributed by atoms with Crippen LogP contribution in [0.15, 0.2) is 36.4 Å². The van der Waals surface area contributed by atoms with Gasteiger partial charge in [0.1, 0.15) is 0 Å². The summed E-state index contributed by atoms with van der Waals surface area (Å²) in [4.78, 5) is 14.0. The van der Waals surface area contributed by atoms with Crippen LogP contribution in [0.4, 0.5) is 5.69 Å². The first-order valence-corrected chi connectivity index (χ1v) is 7.06. The van der Waals surface area contributed by atoms with Gasteiger partial charge in [0.15, 0.2) is 11.5 Å². The van der Waals surface area contributed by atoms with Crippen LogP contribution in [0.2, 0.25) is 5.02 Å². The zero-order chi connectivity index (χ0) is 15.9. The van der Waals surface area contributed by atoms with Crippen LogP contribution in [0.3, 0.4) is 0 Å². The standard InChI is InChI=1S/C17H14ClNO3/c1-19-14-6-4-3-5-11(14)12(17(19)21)7-10-8-13(18)16(20)15(9-10)22-2/h3-9,20H,1-2H3. The molecule has 0 radical (unpaired) electrons. The van der Waals surface area contributed by atoms with Gasteiger partial charge in [-0.15, -0.1) is 0 Å². The maximum Gasteiger partial charge on any atom is 0.258 e. The molecule has 0 unspecified atom stereocenters. The lowest BCUT2D eigenvalue weighted by Crippen LogP contribution is -2.20. The lowest BCUT2D eigenvalue weighted by Gasteiger charge is -2.08. The fraction of sp³-hybridized carbons (Fsp3) is 0.118. The number of nitrogens with zero attached hydrogens (tertiary/aromatic N) is 1. The molecule has 1 heterocycles. The summed E-state index contributed by atoms with van der Waals surface area (Å²) in [5.41, 5.74) is 3.02. The Kier molecular flexibility index (Phi) is 3.54. The molecule has 5 heteroatoms. The van der Waals surface area contributed by atoms with E-state index in [1.165, 1.54) is 7.11 Å². The minimum absolute atomic E-state index is 0.0793. The largest absolute Gasteiger partial charge is 0.503 e. The fourth-order valence-electron chi connectivity index (χ4n) is 2.54. The van der Waals surface area contributed by atoms with Crippen molar-refractivity contribution in [2.24, 2.45) is 0 Å². The minimum atomic E-state index is -0.110. The molecule has 0 saturated carbocycles. The minimum Gasteiger partial charge on any atom is -0.503 e. The first kappa shape index (κ1) is 14.5. The molecule has 0 aromatic heterocycles. The maximum atomic E-state index is 12.4. The SMILES string of the molecule is COc1cc(C=C2C(=O)N(C)c3ccccc32)cc(Cl)c1O. The summed E-state index contributed by atoms with van der Waals surface area (Å²) in [5, 5.41) is 9.96. The predicted octanol–water partition coefficient (Wildman–Crippen LogP) is 3.57. The van der Waals surface area contributed by atoms with Gasteiger partial charge in [-0.05, 0) is 29.8 Å². The first-order chi connectivity index (χ1) is 10.5. The number of benzene rings is 2. The van der Waals surface area contributed by atoms with Crippen molar-refractivity contribution in [1.29, 1.82) is 0 Å². The quantitative estimate of drug-likeness (QED) is 0.862. The molecule has 0 fully saturated rings. The lowest BCUT2D eigenvalue weighted by atomic mass is 10.0. The summed E-state index contributed by atoms with van der Waals surface area (Å²) >= 11 is 5.99. The van der Waals surface area contributed by atoms with E-state index in [1.54, 1.807) is 30.2 Å². The molecule has 1 aliphatic heterocycles. The van der Waals surface area contributed by atoms with Crippen LogP contribution in [-0.2, 0) is 4.79 Å². The third-order valence-electron chi connectivity index (χ3n) is 3.67. The van der Waals surface area contributed by atoms with Gasteiger partial charge >= 0.3 is 0 Å². The predicted molar refractivity (Wildman–Crippen MR) is 87.4 cm³/mol. The van der Waals surface area contributed by atoms with Crippen molar-refractivity contribution < 1.29 is 14.6 Å². The molecule has 0 aliphatic carbocycles. The second-order valence-electron chi connectivity index (χ2n) is 4.99. The number of aromatic hydroxyl groups is 1. The van der Waals surface area contributed by atoms with Crippen LogP contribution in [0.5, 0.6) is 11.5 Å². The number of fused-ring (bicyclic) bond motifs is 1. The van der Waals surface area contributed by atoms with Gasteiger partial charge in [0.25, 0.3) is 5.91 Å². The number of hydrogen-bond acceptors (Lipinski definition) is 3. The van der Waals surface area contributed by atoms with Crippen LogP contribution in [0, 0.1) is 0 Å². The molecule has 1 N–H and O–H groups in total. The number of carbonyl (C=O) groups excluding carboxylic acids is 1. The van der Waals surface area contributed by atoms with Crippen molar-refractivity contribution in [2.45, 2.75) is 0 Å². The number of phenols is 1. The Labute approximate surface area is 133 Å². The van der Waals surface area contributed by atoms with Crippen LogP contribution in [-0.4, -0.2) is 25.2 Å². The molecule has 22 heavy (non-hydrogen) atoms. The number of halogens is 1. The van der Waals surface area contributed by atoms with E-state index in [1.807, 2.05) is 24.3 Å². The summed E-state index contributed by atoms with van der Waals surface area (Å²) < 4.78 is 5.09. The first-order valence-electron chi connectivity index (χ1n) is 6.68. The van der Waals surface area contributed by atoms with E-state index < -0.39 is 0 Å². The second kappa shape index (κ2) is 5.39. The van der Waals surface area contributed by atoms with E-state index in [0.717, 1.165) is 11.3 Å². The summed E-state index contributed by atoms with van der Waals surface area (Å²) in [6.07, 6.45) is 1.75. The molecular weight excluding hydrogens is 302 g/mol. The van der Waals surface area contributed by atoms with Gasteiger partial charge in [-0.1, -0.05) is 29.8 Å². The Morgan fingerprint density at radius 2 is 2.00 bits per heavy atom. The number of likely N-dealkylation sites (N-methyl/N-ethyl adjacent to an activating group) is 1.